The Morgan fingerprint density at radius 3 is 2.73 bits per heavy atom. The SMILES string of the molecule is CC(C)(C)c1cnc(CSc2cnc(NC(=O)Nc3ccccn3)s2)o1. The quantitative estimate of drug-likeness (QED) is 0.611. The number of amides is 2. The third-order valence-corrected chi connectivity index (χ3v) is 5.33. The third kappa shape index (κ3) is 5.06. The van der Waals surface area contributed by atoms with Gasteiger partial charge in [-0.2, -0.15) is 0 Å². The topological polar surface area (TPSA) is 92.9 Å². The molecule has 0 spiro atoms. The molecule has 3 heterocycles. The number of carbonyl (C=O) groups excluding carboxylic acids is 1. The molecule has 136 valence electrons. The Bertz CT molecular complexity index is 871. The van der Waals surface area contributed by atoms with Crippen molar-refractivity contribution < 1.29 is 9.21 Å². The van der Waals surface area contributed by atoms with E-state index in [9.17, 15) is 4.79 Å². The maximum atomic E-state index is 11.9. The summed E-state index contributed by atoms with van der Waals surface area (Å²) in [4.78, 5) is 24.5. The first-order valence-corrected chi connectivity index (χ1v) is 9.73. The molecule has 0 radical (unpaired) electrons. The fourth-order valence-corrected chi connectivity index (χ4v) is 3.64. The summed E-state index contributed by atoms with van der Waals surface area (Å²) in [6.45, 7) is 6.25. The number of thioether (sulfide) groups is 1. The van der Waals surface area contributed by atoms with E-state index in [2.05, 4.69) is 46.4 Å². The second kappa shape index (κ2) is 7.88. The average Bonchev–Trinajstić information content (AvgIpc) is 3.22. The number of rotatable bonds is 5. The molecule has 0 saturated heterocycles. The zero-order valence-corrected chi connectivity index (χ0v) is 16.3. The average molecular weight is 390 g/mol. The second-order valence-corrected chi connectivity index (χ2v) is 8.74. The van der Waals surface area contributed by atoms with Crippen LogP contribution in [0.2, 0.25) is 0 Å². The van der Waals surface area contributed by atoms with Crippen LogP contribution in [0.4, 0.5) is 15.7 Å². The van der Waals surface area contributed by atoms with Gasteiger partial charge in [0.15, 0.2) is 5.13 Å². The summed E-state index contributed by atoms with van der Waals surface area (Å²) in [5.74, 6) is 2.63. The van der Waals surface area contributed by atoms with Gasteiger partial charge in [0, 0.05) is 11.6 Å². The van der Waals surface area contributed by atoms with E-state index in [4.69, 9.17) is 4.42 Å². The first-order chi connectivity index (χ1) is 12.4. The van der Waals surface area contributed by atoms with Crippen LogP contribution in [0.1, 0.15) is 32.4 Å². The van der Waals surface area contributed by atoms with Crippen molar-refractivity contribution in [3.63, 3.8) is 0 Å². The van der Waals surface area contributed by atoms with Gasteiger partial charge in [-0.3, -0.25) is 10.6 Å². The summed E-state index contributed by atoms with van der Waals surface area (Å²) >= 11 is 2.96. The number of nitrogens with zero attached hydrogens (tertiary/aromatic N) is 3. The van der Waals surface area contributed by atoms with E-state index in [-0.39, 0.29) is 11.4 Å². The Labute approximate surface area is 159 Å². The zero-order valence-electron chi connectivity index (χ0n) is 14.6. The Morgan fingerprint density at radius 1 is 1.19 bits per heavy atom. The molecule has 0 aliphatic carbocycles. The summed E-state index contributed by atoms with van der Waals surface area (Å²) in [6, 6.07) is 4.92. The van der Waals surface area contributed by atoms with Crippen LogP contribution in [0.5, 0.6) is 0 Å². The Morgan fingerprint density at radius 2 is 2.04 bits per heavy atom. The largest absolute Gasteiger partial charge is 0.444 e. The smallest absolute Gasteiger partial charge is 0.326 e. The fraction of sp³-hybridized carbons (Fsp3) is 0.294. The molecule has 3 rings (SSSR count). The van der Waals surface area contributed by atoms with E-state index in [1.165, 1.54) is 11.3 Å². The number of thiazole rings is 1. The minimum absolute atomic E-state index is 0.0571. The van der Waals surface area contributed by atoms with Crippen LogP contribution in [-0.4, -0.2) is 21.0 Å². The zero-order chi connectivity index (χ0) is 18.6. The first kappa shape index (κ1) is 18.4. The molecule has 0 atom stereocenters. The van der Waals surface area contributed by atoms with Gasteiger partial charge in [-0.15, -0.1) is 11.8 Å². The molecule has 0 aromatic carbocycles. The highest BCUT2D eigenvalue weighted by Gasteiger charge is 2.19. The molecule has 3 aromatic rings. The number of hydrogen-bond acceptors (Lipinski definition) is 7. The minimum atomic E-state index is -0.378. The first-order valence-electron chi connectivity index (χ1n) is 7.93. The van der Waals surface area contributed by atoms with Crippen molar-refractivity contribution in [2.75, 3.05) is 10.6 Å². The maximum absolute atomic E-state index is 11.9. The molecule has 26 heavy (non-hydrogen) atoms. The predicted octanol–water partition coefficient (Wildman–Crippen LogP) is 4.76. The fourth-order valence-electron chi connectivity index (χ4n) is 1.92. The lowest BCUT2D eigenvalue weighted by atomic mass is 9.94. The molecule has 0 unspecified atom stereocenters. The number of pyridine rings is 1. The molecule has 0 bridgehead atoms. The third-order valence-electron chi connectivity index (χ3n) is 3.24. The number of aromatic nitrogens is 3. The lowest BCUT2D eigenvalue weighted by Crippen LogP contribution is -2.19. The maximum Gasteiger partial charge on any atom is 0.326 e. The van der Waals surface area contributed by atoms with Crippen molar-refractivity contribution in [3.05, 3.63) is 48.4 Å². The van der Waals surface area contributed by atoms with Crippen LogP contribution in [0.15, 0.2) is 45.4 Å². The molecule has 7 nitrogen and oxygen atoms in total. The molecule has 3 aromatic heterocycles. The molecule has 0 aliphatic rings. The molecule has 2 N–H and O–H groups in total. The van der Waals surface area contributed by atoms with E-state index >= 15 is 0 Å². The van der Waals surface area contributed by atoms with Gasteiger partial charge in [-0.05, 0) is 12.1 Å². The number of carbonyl (C=O) groups is 1. The number of nitrogens with one attached hydrogen (secondary N) is 2. The van der Waals surface area contributed by atoms with Crippen molar-refractivity contribution in [2.24, 2.45) is 0 Å². The Hall–Kier alpha value is -2.39. The Balaban J connectivity index is 1.51. The molecule has 0 fully saturated rings. The highest BCUT2D eigenvalue weighted by molar-refractivity contribution is 8.00. The van der Waals surface area contributed by atoms with Gasteiger partial charge < -0.3 is 4.42 Å². The molecule has 9 heteroatoms. The van der Waals surface area contributed by atoms with Crippen LogP contribution < -0.4 is 10.6 Å². The lowest BCUT2D eigenvalue weighted by Gasteiger charge is -2.12. The van der Waals surface area contributed by atoms with E-state index < -0.39 is 0 Å². The highest BCUT2D eigenvalue weighted by atomic mass is 32.2. The lowest BCUT2D eigenvalue weighted by molar-refractivity contribution is 0.262. The van der Waals surface area contributed by atoms with Crippen LogP contribution in [0, 0.1) is 0 Å². The van der Waals surface area contributed by atoms with Crippen LogP contribution >= 0.6 is 23.1 Å². The standard InChI is InChI=1S/C17H19N5O2S2/c1-17(2,3)11-8-19-13(24-11)10-25-14-9-20-16(26-14)22-15(23)21-12-6-4-5-7-18-12/h4-9H,10H2,1-3H3,(H2,18,20,21,22,23). The van der Waals surface area contributed by atoms with Gasteiger partial charge in [-0.25, -0.2) is 19.7 Å². The van der Waals surface area contributed by atoms with Gasteiger partial charge in [-0.1, -0.05) is 38.2 Å². The summed E-state index contributed by atoms with van der Waals surface area (Å²) in [5.41, 5.74) is -0.0571. The molecule has 0 aliphatic heterocycles. The summed E-state index contributed by atoms with van der Waals surface area (Å²) in [5, 5.41) is 5.86. The van der Waals surface area contributed by atoms with Gasteiger partial charge in [0.2, 0.25) is 5.89 Å². The molecular weight excluding hydrogens is 370 g/mol. The minimum Gasteiger partial charge on any atom is -0.444 e. The van der Waals surface area contributed by atoms with E-state index in [1.54, 1.807) is 48.6 Å². The Kier molecular flexibility index (Phi) is 5.58. The van der Waals surface area contributed by atoms with Crippen LogP contribution in [0.25, 0.3) is 0 Å². The van der Waals surface area contributed by atoms with Crippen molar-refractivity contribution in [1.29, 1.82) is 0 Å². The summed E-state index contributed by atoms with van der Waals surface area (Å²) < 4.78 is 6.74. The summed E-state index contributed by atoms with van der Waals surface area (Å²) in [7, 11) is 0. The number of oxazole rings is 1. The molecule has 2 amide bonds. The van der Waals surface area contributed by atoms with Crippen LogP contribution in [-0.2, 0) is 11.2 Å². The van der Waals surface area contributed by atoms with Gasteiger partial charge in [0.05, 0.1) is 22.4 Å². The van der Waals surface area contributed by atoms with Crippen molar-refractivity contribution in [1.82, 2.24) is 15.0 Å². The van der Waals surface area contributed by atoms with Gasteiger partial charge in [0.1, 0.15) is 11.6 Å². The monoisotopic (exact) mass is 389 g/mol. The molecular formula is C17H19N5O2S2. The van der Waals surface area contributed by atoms with Gasteiger partial charge in [0.25, 0.3) is 0 Å². The number of anilines is 2. The van der Waals surface area contributed by atoms with E-state index in [0.29, 0.717) is 22.6 Å². The van der Waals surface area contributed by atoms with Crippen LogP contribution in [0.3, 0.4) is 0 Å². The van der Waals surface area contributed by atoms with E-state index in [1.807, 2.05) is 0 Å². The highest BCUT2D eigenvalue weighted by Crippen LogP contribution is 2.31. The van der Waals surface area contributed by atoms with Crippen molar-refractivity contribution >= 4 is 40.1 Å². The van der Waals surface area contributed by atoms with Crippen molar-refractivity contribution in [2.45, 2.75) is 36.1 Å². The normalized spacial score (nSPS) is 11.3. The number of hydrogen-bond donors (Lipinski definition) is 2. The molecule has 0 saturated carbocycles. The second-order valence-electron chi connectivity index (χ2n) is 6.44. The summed E-state index contributed by atoms with van der Waals surface area (Å²) in [6.07, 6.45) is 5.11. The predicted molar refractivity (Wildman–Crippen MR) is 104 cm³/mol. The number of urea groups is 1. The van der Waals surface area contributed by atoms with E-state index in [0.717, 1.165) is 9.97 Å². The van der Waals surface area contributed by atoms with Gasteiger partial charge >= 0.3 is 6.03 Å². The van der Waals surface area contributed by atoms with Crippen molar-refractivity contribution in [3.8, 4) is 0 Å².